The second kappa shape index (κ2) is 13.1. The standard InChI is InChI=1S/C19H33BO4/c1-3-4-5-6-7-8-9-10-11-12-13-17-16-18(23-2)14-15-19(17)24-20(21)22/h14-16,21-22H,3-13H2,1-2H3. The van der Waals surface area contributed by atoms with Crippen molar-refractivity contribution < 1.29 is 19.4 Å². The van der Waals surface area contributed by atoms with E-state index >= 15 is 0 Å². The van der Waals surface area contributed by atoms with Crippen LogP contribution in [-0.4, -0.2) is 24.5 Å². The summed E-state index contributed by atoms with van der Waals surface area (Å²) < 4.78 is 10.3. The number of hydrogen-bond donors (Lipinski definition) is 2. The maximum Gasteiger partial charge on any atom is 0.707 e. The van der Waals surface area contributed by atoms with Crippen LogP contribution in [0, 0.1) is 0 Å². The molecule has 1 aromatic rings. The lowest BCUT2D eigenvalue weighted by Crippen LogP contribution is -2.21. The molecule has 0 aliphatic heterocycles. The van der Waals surface area contributed by atoms with Gasteiger partial charge in [0.1, 0.15) is 11.5 Å². The van der Waals surface area contributed by atoms with E-state index in [4.69, 9.17) is 19.4 Å². The van der Waals surface area contributed by atoms with E-state index in [0.717, 1.165) is 24.2 Å². The monoisotopic (exact) mass is 336 g/mol. The molecule has 0 saturated carbocycles. The van der Waals surface area contributed by atoms with Crippen molar-refractivity contribution >= 4 is 7.32 Å². The first-order chi connectivity index (χ1) is 11.7. The fraction of sp³-hybridized carbons (Fsp3) is 0.684. The fourth-order valence-corrected chi connectivity index (χ4v) is 2.91. The molecule has 0 bridgehead atoms. The van der Waals surface area contributed by atoms with Crippen LogP contribution in [0.5, 0.6) is 11.5 Å². The summed E-state index contributed by atoms with van der Waals surface area (Å²) in [6, 6.07) is 5.40. The topological polar surface area (TPSA) is 58.9 Å². The van der Waals surface area contributed by atoms with E-state index in [9.17, 15) is 0 Å². The second-order valence-corrected chi connectivity index (χ2v) is 6.35. The summed E-state index contributed by atoms with van der Waals surface area (Å²) in [5.74, 6) is 1.28. The molecule has 0 fully saturated rings. The third-order valence-electron chi connectivity index (χ3n) is 4.30. The van der Waals surface area contributed by atoms with Gasteiger partial charge in [0.25, 0.3) is 0 Å². The van der Waals surface area contributed by atoms with Gasteiger partial charge in [-0.25, -0.2) is 0 Å². The predicted octanol–water partition coefficient (Wildman–Crippen LogP) is 4.51. The summed E-state index contributed by atoms with van der Waals surface area (Å²) in [4.78, 5) is 0. The average Bonchev–Trinajstić information content (AvgIpc) is 2.57. The molecule has 24 heavy (non-hydrogen) atoms. The summed E-state index contributed by atoms with van der Waals surface area (Å²) >= 11 is 0. The van der Waals surface area contributed by atoms with E-state index < -0.39 is 7.32 Å². The van der Waals surface area contributed by atoms with Crippen molar-refractivity contribution in [1.82, 2.24) is 0 Å². The Hall–Kier alpha value is -1.20. The third kappa shape index (κ3) is 9.19. The first-order valence-electron chi connectivity index (χ1n) is 9.37. The smallest absolute Gasteiger partial charge is 0.512 e. The lowest BCUT2D eigenvalue weighted by Gasteiger charge is -2.12. The van der Waals surface area contributed by atoms with Gasteiger partial charge >= 0.3 is 7.32 Å². The summed E-state index contributed by atoms with van der Waals surface area (Å²) in [6.07, 6.45) is 13.8. The van der Waals surface area contributed by atoms with Crippen LogP contribution in [0.25, 0.3) is 0 Å². The zero-order chi connectivity index (χ0) is 17.6. The molecule has 0 amide bonds. The van der Waals surface area contributed by atoms with E-state index in [-0.39, 0.29) is 0 Å². The van der Waals surface area contributed by atoms with E-state index in [2.05, 4.69) is 6.92 Å². The molecule has 0 radical (unpaired) electrons. The Balaban J connectivity index is 2.23. The molecule has 0 heterocycles. The fourth-order valence-electron chi connectivity index (χ4n) is 2.91. The summed E-state index contributed by atoms with van der Waals surface area (Å²) in [5.41, 5.74) is 0.960. The molecule has 5 heteroatoms. The van der Waals surface area contributed by atoms with Gasteiger partial charge in [0.15, 0.2) is 0 Å². The number of rotatable bonds is 14. The average molecular weight is 336 g/mol. The molecule has 1 aromatic carbocycles. The highest BCUT2D eigenvalue weighted by molar-refractivity contribution is 6.33. The van der Waals surface area contributed by atoms with Crippen molar-refractivity contribution in [3.8, 4) is 11.5 Å². The van der Waals surface area contributed by atoms with E-state index in [1.807, 2.05) is 6.07 Å². The number of ether oxygens (including phenoxy) is 1. The molecule has 0 spiro atoms. The Labute approximate surface area is 147 Å². The number of aryl methyl sites for hydroxylation is 1. The quantitative estimate of drug-likeness (QED) is 0.388. The number of methoxy groups -OCH3 is 1. The Morgan fingerprint density at radius 3 is 2.00 bits per heavy atom. The Kier molecular flexibility index (Phi) is 11.4. The van der Waals surface area contributed by atoms with Crippen molar-refractivity contribution in [3.05, 3.63) is 23.8 Å². The van der Waals surface area contributed by atoms with Gasteiger partial charge in [0.2, 0.25) is 0 Å². The van der Waals surface area contributed by atoms with E-state index in [0.29, 0.717) is 5.75 Å². The van der Waals surface area contributed by atoms with Gasteiger partial charge in [0, 0.05) is 0 Å². The maximum absolute atomic E-state index is 9.00. The highest BCUT2D eigenvalue weighted by Crippen LogP contribution is 2.26. The minimum atomic E-state index is -1.79. The predicted molar refractivity (Wildman–Crippen MR) is 99.4 cm³/mol. The van der Waals surface area contributed by atoms with Crippen LogP contribution in [0.2, 0.25) is 0 Å². The third-order valence-corrected chi connectivity index (χ3v) is 4.30. The van der Waals surface area contributed by atoms with Gasteiger partial charge in [-0.3, -0.25) is 0 Å². The molecule has 2 N–H and O–H groups in total. The minimum Gasteiger partial charge on any atom is -0.512 e. The van der Waals surface area contributed by atoms with Crippen molar-refractivity contribution in [3.63, 3.8) is 0 Å². The van der Waals surface area contributed by atoms with E-state index in [1.54, 1.807) is 19.2 Å². The molecular formula is C19H33BO4. The molecular weight excluding hydrogens is 303 g/mol. The van der Waals surface area contributed by atoms with Gasteiger partial charge in [-0.15, -0.1) is 0 Å². The second-order valence-electron chi connectivity index (χ2n) is 6.35. The van der Waals surface area contributed by atoms with E-state index in [1.165, 1.54) is 57.8 Å². The molecule has 0 aliphatic rings. The lowest BCUT2D eigenvalue weighted by molar-refractivity contribution is 0.286. The van der Waals surface area contributed by atoms with Gasteiger partial charge in [-0.1, -0.05) is 64.7 Å². The van der Waals surface area contributed by atoms with Crippen molar-refractivity contribution in [2.75, 3.05) is 7.11 Å². The highest BCUT2D eigenvalue weighted by Gasteiger charge is 2.14. The van der Waals surface area contributed by atoms with Crippen LogP contribution in [0.3, 0.4) is 0 Å². The van der Waals surface area contributed by atoms with Crippen LogP contribution < -0.4 is 9.39 Å². The van der Waals surface area contributed by atoms with Crippen LogP contribution in [-0.2, 0) is 6.42 Å². The molecule has 0 aliphatic carbocycles. The zero-order valence-electron chi connectivity index (χ0n) is 15.3. The summed E-state index contributed by atoms with van der Waals surface area (Å²) in [6.45, 7) is 2.25. The molecule has 0 aromatic heterocycles. The Bertz CT molecular complexity index is 437. The number of unbranched alkanes of at least 4 members (excludes halogenated alkanes) is 9. The molecule has 4 nitrogen and oxygen atoms in total. The molecule has 0 atom stereocenters. The van der Waals surface area contributed by atoms with Gasteiger partial charge in [0.05, 0.1) is 7.11 Å². The number of hydrogen-bond acceptors (Lipinski definition) is 4. The lowest BCUT2D eigenvalue weighted by atomic mass is 10.0. The van der Waals surface area contributed by atoms with Crippen LogP contribution in [0.15, 0.2) is 18.2 Å². The molecule has 136 valence electrons. The van der Waals surface area contributed by atoms with Crippen LogP contribution in [0.4, 0.5) is 0 Å². The first-order valence-corrected chi connectivity index (χ1v) is 9.37. The maximum atomic E-state index is 9.00. The van der Waals surface area contributed by atoms with Gasteiger partial charge < -0.3 is 19.4 Å². The SMILES string of the molecule is CCCCCCCCCCCCc1cc(OC)ccc1OB(O)O. The van der Waals surface area contributed by atoms with Gasteiger partial charge in [-0.05, 0) is 36.6 Å². The Morgan fingerprint density at radius 2 is 1.46 bits per heavy atom. The Morgan fingerprint density at radius 1 is 0.875 bits per heavy atom. The van der Waals surface area contributed by atoms with Crippen LogP contribution >= 0.6 is 0 Å². The molecule has 0 saturated heterocycles. The zero-order valence-corrected chi connectivity index (χ0v) is 15.3. The van der Waals surface area contributed by atoms with Crippen molar-refractivity contribution in [2.45, 2.75) is 77.6 Å². The largest absolute Gasteiger partial charge is 0.707 e. The molecule has 1 rings (SSSR count). The normalized spacial score (nSPS) is 10.7. The summed E-state index contributed by atoms with van der Waals surface area (Å²) in [7, 11) is -0.161. The molecule has 0 unspecified atom stereocenters. The minimum absolute atomic E-state index is 0.515. The van der Waals surface area contributed by atoms with Crippen molar-refractivity contribution in [1.29, 1.82) is 0 Å². The first kappa shape index (κ1) is 20.8. The summed E-state index contributed by atoms with van der Waals surface area (Å²) in [5, 5.41) is 18.0. The van der Waals surface area contributed by atoms with Crippen LogP contribution in [0.1, 0.15) is 76.7 Å². The highest BCUT2D eigenvalue weighted by atomic mass is 16.6. The van der Waals surface area contributed by atoms with Gasteiger partial charge in [-0.2, -0.15) is 0 Å². The van der Waals surface area contributed by atoms with Crippen molar-refractivity contribution in [2.24, 2.45) is 0 Å². The number of benzene rings is 1.